The lowest BCUT2D eigenvalue weighted by Gasteiger charge is -2.21. The fourth-order valence-corrected chi connectivity index (χ4v) is 3.35. The number of carbonyl (C=O) groups excluding carboxylic acids is 1. The van der Waals surface area contributed by atoms with Crippen molar-refractivity contribution in [2.24, 2.45) is 0 Å². The van der Waals surface area contributed by atoms with Crippen molar-refractivity contribution in [1.29, 1.82) is 0 Å². The van der Waals surface area contributed by atoms with E-state index in [0.29, 0.717) is 24.4 Å². The van der Waals surface area contributed by atoms with Gasteiger partial charge in [-0.3, -0.25) is 14.5 Å². The molecule has 0 bridgehead atoms. The van der Waals surface area contributed by atoms with Crippen LogP contribution in [0.1, 0.15) is 24.5 Å². The molecule has 0 aliphatic rings. The van der Waals surface area contributed by atoms with E-state index in [9.17, 15) is 9.18 Å². The fourth-order valence-electron chi connectivity index (χ4n) is 3.13. The summed E-state index contributed by atoms with van der Waals surface area (Å²) in [6.07, 6.45) is 0.288. The molecule has 0 saturated heterocycles. The smallest absolute Gasteiger partial charge is 0.224 e. The Morgan fingerprint density at radius 2 is 2.04 bits per heavy atom. The van der Waals surface area contributed by atoms with Crippen molar-refractivity contribution in [3.8, 4) is 11.4 Å². The van der Waals surface area contributed by atoms with Crippen LogP contribution in [0.2, 0.25) is 0 Å². The number of hydrogen-bond donors (Lipinski definition) is 1. The van der Waals surface area contributed by atoms with Crippen LogP contribution in [0.25, 0.3) is 11.4 Å². The second kappa shape index (κ2) is 8.93. The predicted octanol–water partition coefficient (Wildman–Crippen LogP) is 4.49. The van der Waals surface area contributed by atoms with Crippen LogP contribution in [0.15, 0.2) is 48.5 Å². The Hall–Kier alpha value is -2.80. The van der Waals surface area contributed by atoms with Crippen molar-refractivity contribution in [3.05, 3.63) is 70.2 Å². The van der Waals surface area contributed by atoms with Crippen molar-refractivity contribution in [2.75, 3.05) is 6.54 Å². The normalized spacial score (nSPS) is 10.8. The first-order valence-electron chi connectivity index (χ1n) is 9.22. The Balaban J connectivity index is 1.72. The van der Waals surface area contributed by atoms with Gasteiger partial charge in [-0.2, -0.15) is 5.10 Å². The van der Waals surface area contributed by atoms with E-state index in [1.54, 1.807) is 11.0 Å². The number of nitrogens with one attached hydrogen (secondary N) is 1. The zero-order valence-corrected chi connectivity index (χ0v) is 16.8. The number of aryl methyl sites for hydroxylation is 1. The number of amides is 1. The van der Waals surface area contributed by atoms with Gasteiger partial charge in [0.25, 0.3) is 0 Å². The number of aromatic nitrogens is 3. The first-order valence-corrected chi connectivity index (χ1v) is 9.63. The van der Waals surface area contributed by atoms with E-state index in [1.165, 1.54) is 12.1 Å². The highest BCUT2D eigenvalue weighted by Gasteiger charge is 2.15. The molecule has 0 unspecified atom stereocenters. The average Bonchev–Trinajstić information content (AvgIpc) is 3.04. The third kappa shape index (κ3) is 4.72. The number of halogens is 1. The van der Waals surface area contributed by atoms with Gasteiger partial charge < -0.3 is 4.90 Å². The van der Waals surface area contributed by atoms with Gasteiger partial charge in [-0.1, -0.05) is 35.9 Å². The maximum Gasteiger partial charge on any atom is 0.224 e. The molecule has 1 amide bonds. The lowest BCUT2D eigenvalue weighted by molar-refractivity contribution is -0.131. The lowest BCUT2D eigenvalue weighted by atomic mass is 10.1. The number of hydrogen-bond acceptors (Lipinski definition) is 3. The second-order valence-corrected chi connectivity index (χ2v) is 7.05. The van der Waals surface area contributed by atoms with Gasteiger partial charge in [-0.25, -0.2) is 4.39 Å². The van der Waals surface area contributed by atoms with Crippen LogP contribution in [-0.4, -0.2) is 32.1 Å². The number of carbonyl (C=O) groups is 1. The van der Waals surface area contributed by atoms with E-state index in [2.05, 4.69) is 10.2 Å². The summed E-state index contributed by atoms with van der Waals surface area (Å²) in [5.74, 6) is 0.410. The number of nitrogens with zero attached hydrogens (tertiary/aromatic N) is 3. The molecule has 3 aromatic rings. The molecule has 0 spiro atoms. The van der Waals surface area contributed by atoms with E-state index in [1.807, 2.05) is 48.7 Å². The summed E-state index contributed by atoms with van der Waals surface area (Å²) in [7, 11) is 0. The van der Waals surface area contributed by atoms with Crippen LogP contribution in [-0.2, 0) is 17.9 Å². The molecule has 28 heavy (non-hydrogen) atoms. The molecule has 0 aliphatic heterocycles. The quantitative estimate of drug-likeness (QED) is 0.597. The third-order valence-electron chi connectivity index (χ3n) is 4.58. The van der Waals surface area contributed by atoms with Crippen molar-refractivity contribution in [2.45, 2.75) is 33.4 Å². The van der Waals surface area contributed by atoms with Gasteiger partial charge in [-0.05, 0) is 49.8 Å². The lowest BCUT2D eigenvalue weighted by Crippen LogP contribution is -2.31. The largest absolute Gasteiger partial charge is 0.339 e. The van der Waals surface area contributed by atoms with Gasteiger partial charge in [0.2, 0.25) is 5.91 Å². The Morgan fingerprint density at radius 3 is 2.75 bits per heavy atom. The van der Waals surface area contributed by atoms with Crippen molar-refractivity contribution >= 4 is 18.1 Å². The van der Waals surface area contributed by atoms with Gasteiger partial charge in [0.1, 0.15) is 5.82 Å². The summed E-state index contributed by atoms with van der Waals surface area (Å²) in [6, 6.07) is 14.3. The Morgan fingerprint density at radius 1 is 1.25 bits per heavy atom. The maximum atomic E-state index is 13.4. The molecule has 1 aromatic heterocycles. The minimum Gasteiger partial charge on any atom is -0.339 e. The van der Waals surface area contributed by atoms with Gasteiger partial charge in [0.05, 0.1) is 0 Å². The summed E-state index contributed by atoms with van der Waals surface area (Å²) >= 11 is 5.35. The average molecular weight is 399 g/mol. The minimum atomic E-state index is -0.298. The highest BCUT2D eigenvalue weighted by molar-refractivity contribution is 7.71. The second-order valence-electron chi connectivity index (χ2n) is 6.66. The monoisotopic (exact) mass is 398 g/mol. The topological polar surface area (TPSA) is 53.9 Å². The predicted molar refractivity (Wildman–Crippen MR) is 110 cm³/mol. The van der Waals surface area contributed by atoms with E-state index >= 15 is 0 Å². The van der Waals surface area contributed by atoms with Crippen molar-refractivity contribution < 1.29 is 9.18 Å². The summed E-state index contributed by atoms with van der Waals surface area (Å²) in [5, 5.41) is 7.14. The van der Waals surface area contributed by atoms with Crippen LogP contribution < -0.4 is 0 Å². The van der Waals surface area contributed by atoms with Gasteiger partial charge in [-0.15, -0.1) is 0 Å². The Labute approximate surface area is 168 Å². The molecule has 3 rings (SSSR count). The van der Waals surface area contributed by atoms with Gasteiger partial charge >= 0.3 is 0 Å². The van der Waals surface area contributed by atoms with Crippen molar-refractivity contribution in [1.82, 2.24) is 19.7 Å². The molecule has 0 radical (unpaired) electrons. The molecule has 1 heterocycles. The summed E-state index contributed by atoms with van der Waals surface area (Å²) in [6.45, 7) is 5.30. The van der Waals surface area contributed by atoms with Crippen LogP contribution in [0, 0.1) is 17.5 Å². The summed E-state index contributed by atoms with van der Waals surface area (Å²) < 4.78 is 15.7. The Kier molecular flexibility index (Phi) is 6.36. The summed E-state index contributed by atoms with van der Waals surface area (Å²) in [5.41, 5.74) is 2.85. The van der Waals surface area contributed by atoms with Crippen LogP contribution in [0.4, 0.5) is 4.39 Å². The third-order valence-corrected chi connectivity index (χ3v) is 4.89. The molecule has 0 saturated carbocycles. The van der Waals surface area contributed by atoms with E-state index in [4.69, 9.17) is 12.2 Å². The van der Waals surface area contributed by atoms with Crippen molar-refractivity contribution in [3.63, 3.8) is 0 Å². The summed E-state index contributed by atoms with van der Waals surface area (Å²) in [4.78, 5) is 14.4. The van der Waals surface area contributed by atoms with E-state index < -0.39 is 0 Å². The number of rotatable bonds is 7. The van der Waals surface area contributed by atoms with E-state index in [-0.39, 0.29) is 18.1 Å². The standard InChI is InChI=1S/C21H23FN4OS/c1-3-25(14-16-7-5-9-18(22)13-16)19(27)10-11-26-20(23-24-21(26)28)17-8-4-6-15(2)12-17/h4-9,12-13H,3,10-11,14H2,1-2H3,(H,24,28). The first kappa shape index (κ1) is 19.9. The molecule has 1 N–H and O–H groups in total. The zero-order chi connectivity index (χ0) is 20.1. The number of aromatic amines is 1. The SMILES string of the molecule is CCN(Cc1cccc(F)c1)C(=O)CCn1c(-c2cccc(C)c2)n[nH]c1=S. The van der Waals surface area contributed by atoms with Gasteiger partial charge in [0.15, 0.2) is 10.6 Å². The molecule has 5 nitrogen and oxygen atoms in total. The highest BCUT2D eigenvalue weighted by atomic mass is 32.1. The first-order chi connectivity index (χ1) is 13.5. The van der Waals surface area contributed by atoms with E-state index in [0.717, 1.165) is 22.5 Å². The molecule has 2 aromatic carbocycles. The molecule has 7 heteroatoms. The van der Waals surface area contributed by atoms with Crippen LogP contribution in [0.5, 0.6) is 0 Å². The van der Waals surface area contributed by atoms with Crippen LogP contribution in [0.3, 0.4) is 0 Å². The highest BCUT2D eigenvalue weighted by Crippen LogP contribution is 2.19. The van der Waals surface area contributed by atoms with Gasteiger partial charge in [0, 0.05) is 31.6 Å². The Bertz CT molecular complexity index is 1030. The fraction of sp³-hybridized carbons (Fsp3) is 0.286. The molecular weight excluding hydrogens is 375 g/mol. The zero-order valence-electron chi connectivity index (χ0n) is 16.0. The molecular formula is C21H23FN4OS. The minimum absolute atomic E-state index is 0.00921. The molecule has 0 atom stereocenters. The molecule has 0 fully saturated rings. The number of H-pyrrole nitrogens is 1. The maximum absolute atomic E-state index is 13.4. The number of benzene rings is 2. The molecule has 0 aliphatic carbocycles. The molecule has 146 valence electrons. The van der Waals surface area contributed by atoms with Crippen LogP contribution >= 0.6 is 12.2 Å².